The van der Waals surface area contributed by atoms with Crippen molar-refractivity contribution in [2.24, 2.45) is 0 Å². The van der Waals surface area contributed by atoms with Crippen LogP contribution in [-0.4, -0.2) is 48.2 Å². The molecular weight excluding hydrogens is 278 g/mol. The molecular formula is C14H16ClN3O2. The second-order valence-corrected chi connectivity index (χ2v) is 5.25. The average molecular weight is 294 g/mol. The van der Waals surface area contributed by atoms with Crippen molar-refractivity contribution in [3.8, 4) is 6.07 Å². The minimum absolute atomic E-state index is 0.480. The first-order valence-corrected chi connectivity index (χ1v) is 6.82. The third-order valence-electron chi connectivity index (χ3n) is 3.64. The molecule has 1 N–H and O–H groups in total. The van der Waals surface area contributed by atoms with Crippen LogP contribution in [0.1, 0.15) is 12.5 Å². The largest absolute Gasteiger partial charge is 0.480 e. The van der Waals surface area contributed by atoms with Crippen LogP contribution in [0.2, 0.25) is 5.02 Å². The fourth-order valence-corrected chi connectivity index (χ4v) is 2.53. The van der Waals surface area contributed by atoms with Crippen molar-refractivity contribution in [1.82, 2.24) is 4.90 Å². The van der Waals surface area contributed by atoms with Crippen LogP contribution in [-0.2, 0) is 4.79 Å². The highest BCUT2D eigenvalue weighted by Gasteiger charge is 2.26. The molecule has 1 aromatic rings. The minimum Gasteiger partial charge on any atom is -0.480 e. The first-order valence-electron chi connectivity index (χ1n) is 6.44. The van der Waals surface area contributed by atoms with Crippen molar-refractivity contribution in [2.75, 3.05) is 31.1 Å². The molecule has 1 aromatic carbocycles. The molecule has 1 aliphatic heterocycles. The number of rotatable bonds is 3. The molecule has 0 bridgehead atoms. The Labute approximate surface area is 123 Å². The molecule has 1 heterocycles. The highest BCUT2D eigenvalue weighted by atomic mass is 35.5. The van der Waals surface area contributed by atoms with E-state index < -0.39 is 12.0 Å². The van der Waals surface area contributed by atoms with E-state index in [1.165, 1.54) is 0 Å². The highest BCUT2D eigenvalue weighted by Crippen LogP contribution is 2.25. The number of hydrogen-bond donors (Lipinski definition) is 1. The summed E-state index contributed by atoms with van der Waals surface area (Å²) in [6.07, 6.45) is 0. The number of halogens is 1. The molecule has 106 valence electrons. The predicted molar refractivity (Wildman–Crippen MR) is 77.1 cm³/mol. The zero-order valence-electron chi connectivity index (χ0n) is 11.2. The van der Waals surface area contributed by atoms with Crippen LogP contribution in [0.15, 0.2) is 18.2 Å². The Hall–Kier alpha value is -1.77. The summed E-state index contributed by atoms with van der Waals surface area (Å²) in [6, 6.07) is 6.89. The Bertz CT molecular complexity index is 548. The van der Waals surface area contributed by atoms with Gasteiger partial charge < -0.3 is 10.0 Å². The van der Waals surface area contributed by atoms with Gasteiger partial charge in [0.1, 0.15) is 12.1 Å². The van der Waals surface area contributed by atoms with Gasteiger partial charge in [-0.2, -0.15) is 5.26 Å². The Morgan fingerprint density at radius 3 is 2.60 bits per heavy atom. The van der Waals surface area contributed by atoms with E-state index in [-0.39, 0.29) is 0 Å². The number of piperazine rings is 1. The summed E-state index contributed by atoms with van der Waals surface area (Å²) in [5, 5.41) is 18.8. The maximum atomic E-state index is 11.0. The van der Waals surface area contributed by atoms with Gasteiger partial charge in [0.05, 0.1) is 11.3 Å². The third kappa shape index (κ3) is 3.03. The molecule has 5 nitrogen and oxygen atoms in total. The maximum absolute atomic E-state index is 11.0. The quantitative estimate of drug-likeness (QED) is 0.920. The van der Waals surface area contributed by atoms with E-state index in [1.54, 1.807) is 25.1 Å². The molecule has 20 heavy (non-hydrogen) atoms. The predicted octanol–water partition coefficient (Wildman–Crippen LogP) is 1.81. The lowest BCUT2D eigenvalue weighted by molar-refractivity contribution is -0.142. The summed E-state index contributed by atoms with van der Waals surface area (Å²) in [6.45, 7) is 4.38. The standard InChI is InChI=1S/C14H16ClN3O2/c1-10(14(19)20)17-4-6-18(7-5-17)13-8-12(15)3-2-11(13)9-16/h2-3,8,10H,4-7H2,1H3,(H,19,20). The molecule has 0 saturated carbocycles. The van der Waals surface area contributed by atoms with E-state index >= 15 is 0 Å². The van der Waals surface area contributed by atoms with Crippen molar-refractivity contribution in [3.63, 3.8) is 0 Å². The van der Waals surface area contributed by atoms with E-state index in [0.717, 1.165) is 5.69 Å². The van der Waals surface area contributed by atoms with Crippen LogP contribution < -0.4 is 4.90 Å². The first-order chi connectivity index (χ1) is 9.52. The zero-order chi connectivity index (χ0) is 14.7. The van der Waals surface area contributed by atoms with E-state index in [4.69, 9.17) is 22.0 Å². The van der Waals surface area contributed by atoms with Gasteiger partial charge in [-0.3, -0.25) is 9.69 Å². The number of carboxylic acid groups (broad SMARTS) is 1. The average Bonchev–Trinajstić information content (AvgIpc) is 2.46. The fraction of sp³-hybridized carbons (Fsp3) is 0.429. The number of anilines is 1. The Morgan fingerprint density at radius 2 is 2.05 bits per heavy atom. The minimum atomic E-state index is -0.807. The number of carbonyl (C=O) groups is 1. The lowest BCUT2D eigenvalue weighted by Gasteiger charge is -2.38. The van der Waals surface area contributed by atoms with Crippen molar-refractivity contribution < 1.29 is 9.90 Å². The number of benzene rings is 1. The summed E-state index contributed by atoms with van der Waals surface area (Å²) >= 11 is 5.99. The van der Waals surface area contributed by atoms with Gasteiger partial charge in [0.25, 0.3) is 0 Å². The molecule has 1 saturated heterocycles. The molecule has 0 amide bonds. The van der Waals surface area contributed by atoms with Crippen molar-refractivity contribution in [3.05, 3.63) is 28.8 Å². The van der Waals surface area contributed by atoms with Gasteiger partial charge in [-0.05, 0) is 25.1 Å². The van der Waals surface area contributed by atoms with Crippen molar-refractivity contribution >= 4 is 23.3 Å². The molecule has 0 aliphatic carbocycles. The Kier molecular flexibility index (Phi) is 4.48. The monoisotopic (exact) mass is 293 g/mol. The van der Waals surface area contributed by atoms with E-state index in [9.17, 15) is 4.79 Å². The van der Waals surface area contributed by atoms with Gasteiger partial charge in [0.15, 0.2) is 0 Å². The second-order valence-electron chi connectivity index (χ2n) is 4.81. The fourth-order valence-electron chi connectivity index (χ4n) is 2.37. The SMILES string of the molecule is CC(C(=O)O)N1CCN(c2cc(Cl)ccc2C#N)CC1. The van der Waals surface area contributed by atoms with Crippen LogP contribution in [0.25, 0.3) is 0 Å². The highest BCUT2D eigenvalue weighted by molar-refractivity contribution is 6.30. The molecule has 1 unspecified atom stereocenters. The van der Waals surface area contributed by atoms with Gasteiger partial charge in [-0.15, -0.1) is 0 Å². The first kappa shape index (κ1) is 14.6. The molecule has 1 fully saturated rings. The third-order valence-corrected chi connectivity index (χ3v) is 3.88. The molecule has 0 radical (unpaired) electrons. The Balaban J connectivity index is 2.10. The van der Waals surface area contributed by atoms with Crippen LogP contribution in [0.4, 0.5) is 5.69 Å². The molecule has 2 rings (SSSR count). The summed E-state index contributed by atoms with van der Waals surface area (Å²) in [7, 11) is 0. The number of nitrogens with zero attached hydrogens (tertiary/aromatic N) is 3. The number of aliphatic carboxylic acids is 1. The smallest absolute Gasteiger partial charge is 0.320 e. The van der Waals surface area contributed by atoms with Crippen molar-refractivity contribution in [1.29, 1.82) is 5.26 Å². The lowest BCUT2D eigenvalue weighted by Crippen LogP contribution is -2.51. The molecule has 0 spiro atoms. The van der Waals surface area contributed by atoms with E-state index in [0.29, 0.717) is 36.8 Å². The second kappa shape index (κ2) is 6.12. The van der Waals surface area contributed by atoms with Crippen LogP contribution >= 0.6 is 11.6 Å². The molecule has 6 heteroatoms. The summed E-state index contributed by atoms with van der Waals surface area (Å²) in [5.41, 5.74) is 1.41. The van der Waals surface area contributed by atoms with Gasteiger partial charge in [-0.25, -0.2) is 0 Å². The maximum Gasteiger partial charge on any atom is 0.320 e. The topological polar surface area (TPSA) is 67.6 Å². The van der Waals surface area contributed by atoms with Crippen molar-refractivity contribution in [2.45, 2.75) is 13.0 Å². The van der Waals surface area contributed by atoms with Crippen LogP contribution in [0.5, 0.6) is 0 Å². The lowest BCUT2D eigenvalue weighted by atomic mass is 10.1. The zero-order valence-corrected chi connectivity index (χ0v) is 12.0. The van der Waals surface area contributed by atoms with Gasteiger partial charge in [0, 0.05) is 31.2 Å². The number of nitriles is 1. The molecule has 1 aliphatic rings. The van der Waals surface area contributed by atoms with Crippen LogP contribution in [0, 0.1) is 11.3 Å². The number of carboxylic acids is 1. The van der Waals surface area contributed by atoms with Gasteiger partial charge in [0.2, 0.25) is 0 Å². The van der Waals surface area contributed by atoms with Gasteiger partial charge in [-0.1, -0.05) is 11.6 Å². The van der Waals surface area contributed by atoms with Gasteiger partial charge >= 0.3 is 5.97 Å². The number of hydrogen-bond acceptors (Lipinski definition) is 4. The summed E-state index contributed by atoms with van der Waals surface area (Å²) in [5.74, 6) is -0.807. The van der Waals surface area contributed by atoms with E-state index in [2.05, 4.69) is 11.0 Å². The van der Waals surface area contributed by atoms with E-state index in [1.807, 2.05) is 4.90 Å². The molecule has 1 atom stereocenters. The summed E-state index contributed by atoms with van der Waals surface area (Å²) < 4.78 is 0. The Morgan fingerprint density at radius 1 is 1.40 bits per heavy atom. The normalized spacial score (nSPS) is 17.6. The summed E-state index contributed by atoms with van der Waals surface area (Å²) in [4.78, 5) is 15.0. The van der Waals surface area contributed by atoms with Crippen LogP contribution in [0.3, 0.4) is 0 Å². The molecule has 0 aromatic heterocycles.